The third-order valence-corrected chi connectivity index (χ3v) is 3.61. The third kappa shape index (κ3) is 1.72. The highest BCUT2D eigenvalue weighted by molar-refractivity contribution is 5.78. The lowest BCUT2D eigenvalue weighted by atomic mass is 9.94. The molecule has 1 saturated heterocycles. The molecule has 4 heteroatoms. The lowest BCUT2D eigenvalue weighted by Gasteiger charge is -2.27. The smallest absolute Gasteiger partial charge is 0.170 e. The van der Waals surface area contributed by atoms with Crippen molar-refractivity contribution < 1.29 is 18.7 Å². The number of ether oxygens (including phenoxy) is 1. The number of aliphatic hydroxyl groups excluding tert-OH is 1. The second kappa shape index (κ2) is 4.07. The number of halogens is 1. The van der Waals surface area contributed by atoms with Gasteiger partial charge >= 0.3 is 0 Å². The van der Waals surface area contributed by atoms with E-state index < -0.39 is 17.5 Å². The van der Waals surface area contributed by atoms with Gasteiger partial charge in [-0.1, -0.05) is 12.1 Å². The zero-order valence-electron chi connectivity index (χ0n) is 10.1. The average Bonchev–Trinajstić information content (AvgIpc) is 2.96. The summed E-state index contributed by atoms with van der Waals surface area (Å²) in [6.45, 7) is 2.50. The summed E-state index contributed by atoms with van der Waals surface area (Å²) in [6, 6.07) is 6.40. The molecule has 0 amide bonds. The Morgan fingerprint density at radius 3 is 2.94 bits per heavy atom. The molecular weight excluding hydrogens is 235 g/mol. The first-order valence-corrected chi connectivity index (χ1v) is 6.10. The number of hydrogen-bond donors (Lipinski definition) is 1. The van der Waals surface area contributed by atoms with Crippen LogP contribution in [0.4, 0.5) is 4.39 Å². The van der Waals surface area contributed by atoms with Crippen LogP contribution in [0.15, 0.2) is 28.7 Å². The van der Waals surface area contributed by atoms with Gasteiger partial charge in [0.25, 0.3) is 0 Å². The number of rotatable bonds is 2. The molecule has 2 aromatic rings. The van der Waals surface area contributed by atoms with Gasteiger partial charge in [-0.2, -0.15) is 0 Å². The van der Waals surface area contributed by atoms with E-state index >= 15 is 0 Å². The maximum Gasteiger partial charge on any atom is 0.170 e. The van der Waals surface area contributed by atoms with Gasteiger partial charge in [-0.15, -0.1) is 0 Å². The SMILES string of the molecule is CC1(C(O)c2cc3cccc(F)c3o2)CCCO1. The standard InChI is InChI=1S/C14H15FO3/c1-14(6-3-7-17-14)13(16)11-8-9-4-2-5-10(15)12(9)18-11/h2,4-5,8,13,16H,3,6-7H2,1H3. The van der Waals surface area contributed by atoms with Crippen LogP contribution in [-0.4, -0.2) is 17.3 Å². The number of aliphatic hydroxyl groups is 1. The Hall–Kier alpha value is -1.39. The number of fused-ring (bicyclic) bond motifs is 1. The molecule has 96 valence electrons. The van der Waals surface area contributed by atoms with Gasteiger partial charge in [0.1, 0.15) is 11.9 Å². The van der Waals surface area contributed by atoms with Crippen LogP contribution in [-0.2, 0) is 4.74 Å². The Bertz CT molecular complexity index is 569. The summed E-state index contributed by atoms with van der Waals surface area (Å²) in [4.78, 5) is 0. The molecule has 1 aromatic heterocycles. The minimum absolute atomic E-state index is 0.188. The summed E-state index contributed by atoms with van der Waals surface area (Å²) in [7, 11) is 0. The van der Waals surface area contributed by atoms with Crippen LogP contribution < -0.4 is 0 Å². The van der Waals surface area contributed by atoms with Crippen LogP contribution in [0.5, 0.6) is 0 Å². The highest BCUT2D eigenvalue weighted by atomic mass is 19.1. The first-order valence-electron chi connectivity index (χ1n) is 6.10. The van der Waals surface area contributed by atoms with Crippen LogP contribution in [0.2, 0.25) is 0 Å². The Morgan fingerprint density at radius 1 is 1.44 bits per heavy atom. The lowest BCUT2D eigenvalue weighted by Crippen LogP contribution is -2.31. The summed E-state index contributed by atoms with van der Waals surface area (Å²) in [5.41, 5.74) is -0.446. The topological polar surface area (TPSA) is 42.6 Å². The van der Waals surface area contributed by atoms with Gasteiger partial charge in [0.15, 0.2) is 11.4 Å². The third-order valence-electron chi connectivity index (χ3n) is 3.61. The molecule has 0 radical (unpaired) electrons. The fourth-order valence-electron chi connectivity index (χ4n) is 2.50. The summed E-state index contributed by atoms with van der Waals surface area (Å²) in [5, 5.41) is 11.0. The van der Waals surface area contributed by atoms with E-state index in [4.69, 9.17) is 9.15 Å². The van der Waals surface area contributed by atoms with Gasteiger partial charge in [-0.05, 0) is 31.9 Å². The van der Waals surface area contributed by atoms with Crippen molar-refractivity contribution in [2.75, 3.05) is 6.61 Å². The maximum atomic E-state index is 13.5. The van der Waals surface area contributed by atoms with E-state index in [1.54, 1.807) is 18.2 Å². The van der Waals surface area contributed by atoms with Crippen molar-refractivity contribution in [1.82, 2.24) is 0 Å². The average molecular weight is 250 g/mol. The van der Waals surface area contributed by atoms with E-state index in [2.05, 4.69) is 0 Å². The van der Waals surface area contributed by atoms with Crippen molar-refractivity contribution in [3.8, 4) is 0 Å². The van der Waals surface area contributed by atoms with Crippen molar-refractivity contribution in [2.24, 2.45) is 0 Å². The quantitative estimate of drug-likeness (QED) is 0.890. The molecule has 2 unspecified atom stereocenters. The molecule has 2 atom stereocenters. The molecule has 3 rings (SSSR count). The van der Waals surface area contributed by atoms with Crippen molar-refractivity contribution in [1.29, 1.82) is 0 Å². The second-order valence-corrected chi connectivity index (χ2v) is 4.97. The minimum atomic E-state index is -0.869. The van der Waals surface area contributed by atoms with E-state index in [0.29, 0.717) is 17.8 Å². The predicted octanol–water partition coefficient (Wildman–Crippen LogP) is 3.17. The molecule has 3 nitrogen and oxygen atoms in total. The lowest BCUT2D eigenvalue weighted by molar-refractivity contribution is -0.0869. The summed E-state index contributed by atoms with van der Waals surface area (Å²) < 4.78 is 24.5. The monoisotopic (exact) mass is 250 g/mol. The molecule has 1 aromatic carbocycles. The molecule has 0 bridgehead atoms. The van der Waals surface area contributed by atoms with E-state index in [1.807, 2.05) is 6.92 Å². The molecule has 0 spiro atoms. The van der Waals surface area contributed by atoms with E-state index in [-0.39, 0.29) is 5.58 Å². The molecule has 1 aliphatic heterocycles. The highest BCUT2D eigenvalue weighted by Crippen LogP contribution is 2.39. The van der Waals surface area contributed by atoms with Crippen LogP contribution >= 0.6 is 0 Å². The van der Waals surface area contributed by atoms with E-state index in [1.165, 1.54) is 6.07 Å². The minimum Gasteiger partial charge on any atom is -0.455 e. The normalized spacial score (nSPS) is 25.7. The fraction of sp³-hybridized carbons (Fsp3) is 0.429. The molecule has 2 heterocycles. The summed E-state index contributed by atoms with van der Waals surface area (Å²) in [5.74, 6) is -0.0528. The maximum absolute atomic E-state index is 13.5. The van der Waals surface area contributed by atoms with E-state index in [0.717, 1.165) is 12.8 Å². The van der Waals surface area contributed by atoms with Gasteiger partial charge in [0.05, 0.1) is 5.60 Å². The van der Waals surface area contributed by atoms with Crippen LogP contribution in [0, 0.1) is 5.82 Å². The van der Waals surface area contributed by atoms with Crippen LogP contribution in [0.1, 0.15) is 31.6 Å². The van der Waals surface area contributed by atoms with Crippen molar-refractivity contribution in [3.05, 3.63) is 35.8 Å². The number of benzene rings is 1. The van der Waals surface area contributed by atoms with Crippen molar-refractivity contribution in [2.45, 2.75) is 31.5 Å². The predicted molar refractivity (Wildman–Crippen MR) is 64.7 cm³/mol. The Labute approximate surface area is 104 Å². The molecule has 1 aliphatic rings. The summed E-state index contributed by atoms with van der Waals surface area (Å²) >= 11 is 0. The van der Waals surface area contributed by atoms with E-state index in [9.17, 15) is 9.50 Å². The van der Waals surface area contributed by atoms with Gasteiger partial charge in [-0.25, -0.2) is 4.39 Å². The molecule has 18 heavy (non-hydrogen) atoms. The Kier molecular flexibility index (Phi) is 2.64. The largest absolute Gasteiger partial charge is 0.455 e. The molecule has 0 aliphatic carbocycles. The zero-order valence-corrected chi connectivity index (χ0v) is 10.1. The number of furan rings is 1. The first kappa shape index (κ1) is 11.7. The molecule has 0 saturated carbocycles. The second-order valence-electron chi connectivity index (χ2n) is 4.97. The van der Waals surface area contributed by atoms with Crippen molar-refractivity contribution in [3.63, 3.8) is 0 Å². The van der Waals surface area contributed by atoms with Gasteiger partial charge in [-0.3, -0.25) is 0 Å². The first-order chi connectivity index (χ1) is 8.60. The fourth-order valence-corrected chi connectivity index (χ4v) is 2.50. The Balaban J connectivity index is 2.01. The molecule has 1 N–H and O–H groups in total. The molecular formula is C14H15FO3. The van der Waals surface area contributed by atoms with Gasteiger partial charge in [0.2, 0.25) is 0 Å². The Morgan fingerprint density at radius 2 is 2.28 bits per heavy atom. The number of para-hydroxylation sites is 1. The zero-order chi connectivity index (χ0) is 12.8. The summed E-state index contributed by atoms with van der Waals surface area (Å²) in [6.07, 6.45) is 0.822. The number of hydrogen-bond acceptors (Lipinski definition) is 3. The van der Waals surface area contributed by atoms with Gasteiger partial charge in [0, 0.05) is 12.0 Å². The van der Waals surface area contributed by atoms with Crippen molar-refractivity contribution >= 4 is 11.0 Å². The molecule has 1 fully saturated rings. The van der Waals surface area contributed by atoms with Crippen LogP contribution in [0.3, 0.4) is 0 Å². The van der Waals surface area contributed by atoms with Gasteiger partial charge < -0.3 is 14.3 Å². The highest BCUT2D eigenvalue weighted by Gasteiger charge is 2.40. The van der Waals surface area contributed by atoms with Crippen LogP contribution in [0.25, 0.3) is 11.0 Å².